The lowest BCUT2D eigenvalue weighted by Gasteiger charge is -2.34. The molecular formula is C27H32N6O3. The van der Waals surface area contributed by atoms with E-state index in [1.54, 1.807) is 42.0 Å². The van der Waals surface area contributed by atoms with E-state index in [1.807, 2.05) is 43.3 Å². The number of hydrogen-bond acceptors (Lipinski definition) is 7. The molecule has 1 aromatic carbocycles. The van der Waals surface area contributed by atoms with Crippen LogP contribution in [0.1, 0.15) is 37.5 Å². The van der Waals surface area contributed by atoms with Crippen molar-refractivity contribution in [1.82, 2.24) is 19.4 Å². The van der Waals surface area contributed by atoms with Crippen molar-refractivity contribution in [2.45, 2.75) is 32.4 Å². The molecule has 0 radical (unpaired) electrons. The number of amides is 1. The van der Waals surface area contributed by atoms with E-state index in [1.165, 1.54) is 6.92 Å². The van der Waals surface area contributed by atoms with Crippen molar-refractivity contribution in [3.63, 3.8) is 0 Å². The summed E-state index contributed by atoms with van der Waals surface area (Å²) in [7, 11) is 3.49. The molecule has 1 fully saturated rings. The molecule has 1 amide bonds. The van der Waals surface area contributed by atoms with Gasteiger partial charge < -0.3 is 19.9 Å². The van der Waals surface area contributed by atoms with Crippen LogP contribution in [-0.4, -0.2) is 63.8 Å². The third-order valence-electron chi connectivity index (χ3n) is 6.72. The number of morpholine rings is 1. The maximum atomic E-state index is 12.7. The zero-order valence-electron chi connectivity index (χ0n) is 21.1. The van der Waals surface area contributed by atoms with Gasteiger partial charge in [0.15, 0.2) is 0 Å². The first kappa shape index (κ1) is 25.2. The van der Waals surface area contributed by atoms with Crippen LogP contribution in [0.25, 0.3) is 11.3 Å². The van der Waals surface area contributed by atoms with Crippen LogP contribution in [0.15, 0.2) is 59.7 Å². The predicted molar refractivity (Wildman–Crippen MR) is 139 cm³/mol. The minimum Gasteiger partial charge on any atom is -0.370 e. The van der Waals surface area contributed by atoms with E-state index >= 15 is 0 Å². The highest BCUT2D eigenvalue weighted by Gasteiger charge is 2.25. The SMILES string of the molecule is CC(=O)N(C)C(C)CC(=N)c1ccc(C2CN(c3nc(-c4ccncc4)cc(=O)n3C)CCO2)cc1. The van der Waals surface area contributed by atoms with E-state index in [9.17, 15) is 9.59 Å². The molecule has 9 heteroatoms. The number of rotatable bonds is 7. The predicted octanol–water partition coefficient (Wildman–Crippen LogP) is 3.04. The maximum absolute atomic E-state index is 12.7. The third-order valence-corrected chi connectivity index (χ3v) is 6.72. The summed E-state index contributed by atoms with van der Waals surface area (Å²) in [6, 6.07) is 13.0. The van der Waals surface area contributed by atoms with E-state index < -0.39 is 0 Å². The molecule has 2 atom stereocenters. The van der Waals surface area contributed by atoms with E-state index in [0.29, 0.717) is 43.5 Å². The molecule has 1 N–H and O–H groups in total. The van der Waals surface area contributed by atoms with Gasteiger partial charge in [-0.15, -0.1) is 0 Å². The van der Waals surface area contributed by atoms with Crippen LogP contribution >= 0.6 is 0 Å². The second-order valence-corrected chi connectivity index (χ2v) is 9.16. The summed E-state index contributed by atoms with van der Waals surface area (Å²) in [6.45, 7) is 5.16. The van der Waals surface area contributed by atoms with Gasteiger partial charge in [0.1, 0.15) is 6.10 Å². The Kier molecular flexibility index (Phi) is 7.59. The van der Waals surface area contributed by atoms with Crippen LogP contribution in [0.4, 0.5) is 5.95 Å². The Morgan fingerprint density at radius 1 is 1.22 bits per heavy atom. The van der Waals surface area contributed by atoms with Crippen molar-refractivity contribution in [3.05, 3.63) is 76.3 Å². The Balaban J connectivity index is 1.50. The minimum atomic E-state index is -0.189. The van der Waals surface area contributed by atoms with Gasteiger partial charge in [-0.25, -0.2) is 4.98 Å². The highest BCUT2D eigenvalue weighted by molar-refractivity contribution is 5.98. The van der Waals surface area contributed by atoms with Crippen molar-refractivity contribution in [2.24, 2.45) is 7.05 Å². The number of anilines is 1. The lowest BCUT2D eigenvalue weighted by molar-refractivity contribution is -0.129. The molecule has 4 rings (SSSR count). The fourth-order valence-corrected chi connectivity index (χ4v) is 4.27. The molecule has 2 aromatic heterocycles. The average Bonchev–Trinajstić information content (AvgIpc) is 2.90. The second-order valence-electron chi connectivity index (χ2n) is 9.16. The first-order chi connectivity index (χ1) is 17.2. The zero-order chi connectivity index (χ0) is 25.8. The lowest BCUT2D eigenvalue weighted by Crippen LogP contribution is -2.41. The van der Waals surface area contributed by atoms with Crippen LogP contribution in [0.3, 0.4) is 0 Å². The van der Waals surface area contributed by atoms with Gasteiger partial charge >= 0.3 is 0 Å². The number of nitrogens with zero attached hydrogens (tertiary/aromatic N) is 5. The number of carbonyl (C=O) groups is 1. The number of aromatic nitrogens is 3. The molecule has 0 spiro atoms. The topological polar surface area (TPSA) is 104 Å². The van der Waals surface area contributed by atoms with Crippen LogP contribution in [0, 0.1) is 5.41 Å². The van der Waals surface area contributed by atoms with Crippen molar-refractivity contribution in [3.8, 4) is 11.3 Å². The first-order valence-corrected chi connectivity index (χ1v) is 12.0. The summed E-state index contributed by atoms with van der Waals surface area (Å²) in [5, 5.41) is 8.47. The molecule has 3 aromatic rings. The maximum Gasteiger partial charge on any atom is 0.255 e. The molecule has 2 unspecified atom stereocenters. The Morgan fingerprint density at radius 2 is 1.92 bits per heavy atom. The summed E-state index contributed by atoms with van der Waals surface area (Å²) in [5.41, 5.74) is 3.65. The molecular weight excluding hydrogens is 456 g/mol. The lowest BCUT2D eigenvalue weighted by atomic mass is 9.99. The van der Waals surface area contributed by atoms with Crippen LogP contribution in [0.2, 0.25) is 0 Å². The highest BCUT2D eigenvalue weighted by atomic mass is 16.5. The summed E-state index contributed by atoms with van der Waals surface area (Å²) in [5.74, 6) is 0.590. The van der Waals surface area contributed by atoms with Gasteiger partial charge in [0.2, 0.25) is 11.9 Å². The second kappa shape index (κ2) is 10.8. The van der Waals surface area contributed by atoms with Gasteiger partial charge in [-0.05, 0) is 30.2 Å². The number of nitrogens with one attached hydrogen (secondary N) is 1. The molecule has 3 heterocycles. The number of ether oxygens (including phenoxy) is 1. The fourth-order valence-electron chi connectivity index (χ4n) is 4.27. The van der Waals surface area contributed by atoms with E-state index in [-0.39, 0.29) is 23.6 Å². The zero-order valence-corrected chi connectivity index (χ0v) is 21.1. The van der Waals surface area contributed by atoms with Crippen molar-refractivity contribution in [1.29, 1.82) is 5.41 Å². The van der Waals surface area contributed by atoms with E-state index in [4.69, 9.17) is 15.1 Å². The molecule has 1 aliphatic rings. The summed E-state index contributed by atoms with van der Waals surface area (Å²) in [4.78, 5) is 36.9. The fraction of sp³-hybridized carbons (Fsp3) is 0.370. The van der Waals surface area contributed by atoms with Gasteiger partial charge in [0.25, 0.3) is 5.56 Å². The first-order valence-electron chi connectivity index (χ1n) is 12.0. The summed E-state index contributed by atoms with van der Waals surface area (Å²) in [6.07, 6.45) is 3.66. The molecule has 9 nitrogen and oxygen atoms in total. The number of benzene rings is 1. The average molecular weight is 489 g/mol. The third kappa shape index (κ3) is 5.52. The highest BCUT2D eigenvalue weighted by Crippen LogP contribution is 2.26. The molecule has 1 saturated heterocycles. The summed E-state index contributed by atoms with van der Waals surface area (Å²) >= 11 is 0. The van der Waals surface area contributed by atoms with Crippen molar-refractivity contribution < 1.29 is 9.53 Å². The normalized spacial score (nSPS) is 16.4. The van der Waals surface area contributed by atoms with Gasteiger partial charge in [0.05, 0.1) is 18.8 Å². The quantitative estimate of drug-likeness (QED) is 0.513. The number of carbonyl (C=O) groups excluding carboxylic acids is 1. The molecule has 0 saturated carbocycles. The van der Waals surface area contributed by atoms with E-state index in [0.717, 1.165) is 16.7 Å². The molecule has 36 heavy (non-hydrogen) atoms. The van der Waals surface area contributed by atoms with Crippen LogP contribution < -0.4 is 10.5 Å². The van der Waals surface area contributed by atoms with Gasteiger partial charge in [-0.3, -0.25) is 19.1 Å². The largest absolute Gasteiger partial charge is 0.370 e. The Hall–Kier alpha value is -3.85. The van der Waals surface area contributed by atoms with Crippen molar-refractivity contribution >= 4 is 17.6 Å². The minimum absolute atomic E-state index is 0.0112. The van der Waals surface area contributed by atoms with Crippen LogP contribution in [-0.2, 0) is 16.6 Å². The molecule has 1 aliphatic heterocycles. The Morgan fingerprint density at radius 3 is 2.58 bits per heavy atom. The smallest absolute Gasteiger partial charge is 0.255 e. The van der Waals surface area contributed by atoms with Gasteiger partial charge in [-0.1, -0.05) is 24.3 Å². The molecule has 188 valence electrons. The molecule has 0 bridgehead atoms. The van der Waals surface area contributed by atoms with E-state index in [2.05, 4.69) is 9.88 Å². The van der Waals surface area contributed by atoms with Gasteiger partial charge in [0, 0.05) is 69.8 Å². The summed E-state index contributed by atoms with van der Waals surface area (Å²) < 4.78 is 7.63. The van der Waals surface area contributed by atoms with Gasteiger partial charge in [-0.2, -0.15) is 0 Å². The molecule has 0 aliphatic carbocycles. The van der Waals surface area contributed by atoms with Crippen molar-refractivity contribution in [2.75, 3.05) is 31.6 Å². The standard InChI is InChI=1S/C27H32N6O3/c1-18(31(3)19(2)34)15-23(28)20-5-7-22(8-6-20)25-17-33(13-14-36-25)27-30-24(16-26(35)32(27)4)21-9-11-29-12-10-21/h5-12,16,18,25,28H,13-15,17H2,1-4H3. The number of pyridine rings is 1. The van der Waals surface area contributed by atoms with Crippen LogP contribution in [0.5, 0.6) is 0 Å². The Bertz CT molecular complexity index is 1290. The monoisotopic (exact) mass is 488 g/mol. The number of hydrogen-bond donors (Lipinski definition) is 1. The Labute approximate surface area is 210 Å².